The summed E-state index contributed by atoms with van der Waals surface area (Å²) in [6.07, 6.45) is 0. The van der Waals surface area contributed by atoms with Gasteiger partial charge < -0.3 is 9.84 Å². The standard InChI is InChI=1S/C17H14ClN3O5/c18-10-5-6-14-12(7-10)21(16(24)9-26-14)8-15(23)19-20-17(25)11-3-1-2-4-13(11)22/h1-7,22H,8-9H2,(H,19,23)(H,20,25). The van der Waals surface area contributed by atoms with E-state index in [-0.39, 0.29) is 24.5 Å². The summed E-state index contributed by atoms with van der Waals surface area (Å²) in [4.78, 5) is 37.4. The third kappa shape index (κ3) is 3.70. The molecule has 0 fully saturated rings. The number of hydrogen-bond donors (Lipinski definition) is 3. The van der Waals surface area contributed by atoms with Crippen molar-refractivity contribution in [3.63, 3.8) is 0 Å². The molecule has 0 saturated heterocycles. The van der Waals surface area contributed by atoms with Gasteiger partial charge in [0.15, 0.2) is 6.61 Å². The van der Waals surface area contributed by atoms with Gasteiger partial charge in [0.25, 0.3) is 17.7 Å². The monoisotopic (exact) mass is 375 g/mol. The van der Waals surface area contributed by atoms with Crippen LogP contribution in [0.4, 0.5) is 5.69 Å². The highest BCUT2D eigenvalue weighted by Gasteiger charge is 2.27. The number of nitrogens with one attached hydrogen (secondary N) is 2. The first-order valence-electron chi connectivity index (χ1n) is 7.55. The highest BCUT2D eigenvalue weighted by molar-refractivity contribution is 6.31. The molecule has 0 unspecified atom stereocenters. The molecule has 3 rings (SSSR count). The van der Waals surface area contributed by atoms with E-state index in [0.29, 0.717) is 16.5 Å². The Hall–Kier alpha value is -3.26. The fraction of sp³-hybridized carbons (Fsp3) is 0.118. The zero-order valence-corrected chi connectivity index (χ0v) is 14.1. The second kappa shape index (κ2) is 7.32. The summed E-state index contributed by atoms with van der Waals surface area (Å²) < 4.78 is 5.29. The molecule has 2 aromatic carbocycles. The Kier molecular flexibility index (Phi) is 4.94. The van der Waals surface area contributed by atoms with E-state index in [4.69, 9.17) is 16.3 Å². The van der Waals surface area contributed by atoms with Crippen LogP contribution in [-0.2, 0) is 9.59 Å². The predicted octanol–water partition coefficient (Wildman–Crippen LogP) is 1.23. The zero-order valence-electron chi connectivity index (χ0n) is 13.4. The Morgan fingerprint density at radius 3 is 2.73 bits per heavy atom. The van der Waals surface area contributed by atoms with E-state index in [1.165, 1.54) is 23.1 Å². The van der Waals surface area contributed by atoms with E-state index in [1.54, 1.807) is 24.3 Å². The molecule has 3 amide bonds. The van der Waals surface area contributed by atoms with E-state index in [9.17, 15) is 19.5 Å². The van der Waals surface area contributed by atoms with Gasteiger partial charge in [-0.05, 0) is 30.3 Å². The van der Waals surface area contributed by atoms with Crippen molar-refractivity contribution in [2.45, 2.75) is 0 Å². The number of rotatable bonds is 3. The summed E-state index contributed by atoms with van der Waals surface area (Å²) in [6.45, 7) is -0.539. The number of aromatic hydroxyl groups is 1. The first-order valence-corrected chi connectivity index (χ1v) is 7.93. The number of amides is 3. The normalized spacial score (nSPS) is 12.8. The van der Waals surface area contributed by atoms with Crippen LogP contribution in [0.1, 0.15) is 10.4 Å². The summed E-state index contributed by atoms with van der Waals surface area (Å²) in [7, 11) is 0. The molecule has 134 valence electrons. The van der Waals surface area contributed by atoms with E-state index < -0.39 is 17.7 Å². The molecule has 0 aromatic heterocycles. The summed E-state index contributed by atoms with van der Waals surface area (Å²) in [5.41, 5.74) is 4.77. The Bertz CT molecular complexity index is 886. The zero-order chi connectivity index (χ0) is 18.7. The molecule has 1 aliphatic rings. The summed E-state index contributed by atoms with van der Waals surface area (Å²) in [6, 6.07) is 10.6. The van der Waals surface area contributed by atoms with Crippen molar-refractivity contribution < 1.29 is 24.2 Å². The van der Waals surface area contributed by atoms with Gasteiger partial charge in [-0.1, -0.05) is 23.7 Å². The van der Waals surface area contributed by atoms with Crippen molar-refractivity contribution in [1.29, 1.82) is 0 Å². The number of carbonyl (C=O) groups excluding carboxylic acids is 3. The maximum absolute atomic E-state index is 12.1. The number of halogens is 1. The predicted molar refractivity (Wildman–Crippen MR) is 93.0 cm³/mol. The maximum Gasteiger partial charge on any atom is 0.273 e. The Labute approximate surface area is 153 Å². The fourth-order valence-corrected chi connectivity index (χ4v) is 2.56. The molecular formula is C17H14ClN3O5. The fourth-order valence-electron chi connectivity index (χ4n) is 2.39. The van der Waals surface area contributed by atoms with E-state index in [2.05, 4.69) is 10.9 Å². The minimum absolute atomic E-state index is 0.00683. The van der Waals surface area contributed by atoms with Crippen molar-refractivity contribution in [2.75, 3.05) is 18.1 Å². The molecular weight excluding hydrogens is 362 g/mol. The van der Waals surface area contributed by atoms with Gasteiger partial charge in [0.05, 0.1) is 11.3 Å². The van der Waals surface area contributed by atoms with Gasteiger partial charge in [0, 0.05) is 5.02 Å². The molecule has 0 bridgehead atoms. The largest absolute Gasteiger partial charge is 0.507 e. The Balaban J connectivity index is 1.65. The third-order valence-electron chi connectivity index (χ3n) is 3.63. The van der Waals surface area contributed by atoms with Crippen molar-refractivity contribution >= 4 is 35.0 Å². The molecule has 0 aliphatic carbocycles. The van der Waals surface area contributed by atoms with Gasteiger partial charge in [-0.25, -0.2) is 0 Å². The molecule has 3 N–H and O–H groups in total. The number of phenolic OH excluding ortho intramolecular Hbond substituents is 1. The van der Waals surface area contributed by atoms with Crippen LogP contribution in [0, 0.1) is 0 Å². The molecule has 0 spiro atoms. The minimum Gasteiger partial charge on any atom is -0.507 e. The molecule has 26 heavy (non-hydrogen) atoms. The number of nitrogens with zero attached hydrogens (tertiary/aromatic N) is 1. The molecule has 0 saturated carbocycles. The molecule has 1 heterocycles. The number of hydrazine groups is 1. The number of para-hydroxylation sites is 1. The van der Waals surface area contributed by atoms with E-state index in [0.717, 1.165) is 0 Å². The number of fused-ring (bicyclic) bond motifs is 1. The first kappa shape index (κ1) is 17.6. The van der Waals surface area contributed by atoms with E-state index >= 15 is 0 Å². The molecule has 9 heteroatoms. The number of phenols is 1. The SMILES string of the molecule is O=C(CN1C(=O)COc2ccc(Cl)cc21)NNC(=O)c1ccccc1O. The number of anilines is 1. The molecule has 0 atom stereocenters. The van der Waals surface area contributed by atoms with Crippen LogP contribution in [0.25, 0.3) is 0 Å². The van der Waals surface area contributed by atoms with Gasteiger partial charge in [-0.15, -0.1) is 0 Å². The van der Waals surface area contributed by atoms with Crippen LogP contribution in [0.5, 0.6) is 11.5 Å². The van der Waals surface area contributed by atoms with Crippen molar-refractivity contribution in [1.82, 2.24) is 10.9 Å². The highest BCUT2D eigenvalue weighted by atomic mass is 35.5. The quantitative estimate of drug-likeness (QED) is 0.699. The lowest BCUT2D eigenvalue weighted by molar-refractivity contribution is -0.125. The number of ether oxygens (including phenoxy) is 1. The van der Waals surface area contributed by atoms with Crippen LogP contribution in [0.15, 0.2) is 42.5 Å². The van der Waals surface area contributed by atoms with Crippen molar-refractivity contribution in [3.8, 4) is 11.5 Å². The van der Waals surface area contributed by atoms with Crippen molar-refractivity contribution in [3.05, 3.63) is 53.1 Å². The molecule has 8 nitrogen and oxygen atoms in total. The lowest BCUT2D eigenvalue weighted by atomic mass is 10.2. The molecule has 0 radical (unpaired) electrons. The van der Waals surface area contributed by atoms with E-state index in [1.807, 2.05) is 0 Å². The van der Waals surface area contributed by atoms with Crippen LogP contribution < -0.4 is 20.5 Å². The van der Waals surface area contributed by atoms with Gasteiger partial charge in [0.2, 0.25) is 0 Å². The van der Waals surface area contributed by atoms with Gasteiger partial charge >= 0.3 is 0 Å². The summed E-state index contributed by atoms with van der Waals surface area (Å²) in [5.74, 6) is -1.52. The maximum atomic E-state index is 12.1. The van der Waals surface area contributed by atoms with Crippen LogP contribution in [0.2, 0.25) is 5.02 Å². The highest BCUT2D eigenvalue weighted by Crippen LogP contribution is 2.34. The second-order valence-electron chi connectivity index (χ2n) is 5.40. The number of benzene rings is 2. The lowest BCUT2D eigenvalue weighted by Crippen LogP contribution is -2.49. The Morgan fingerprint density at radius 1 is 1.19 bits per heavy atom. The molecule has 1 aliphatic heterocycles. The average Bonchev–Trinajstić information content (AvgIpc) is 2.62. The van der Waals surface area contributed by atoms with Crippen molar-refractivity contribution in [2.24, 2.45) is 0 Å². The van der Waals surface area contributed by atoms with Crippen LogP contribution >= 0.6 is 11.6 Å². The third-order valence-corrected chi connectivity index (χ3v) is 3.86. The number of carbonyl (C=O) groups is 3. The minimum atomic E-state index is -0.687. The van der Waals surface area contributed by atoms with Gasteiger partial charge in [0.1, 0.15) is 18.0 Å². The lowest BCUT2D eigenvalue weighted by Gasteiger charge is -2.28. The first-order chi connectivity index (χ1) is 12.5. The summed E-state index contributed by atoms with van der Waals surface area (Å²) >= 11 is 5.94. The Morgan fingerprint density at radius 2 is 1.96 bits per heavy atom. The van der Waals surface area contributed by atoms with Crippen LogP contribution in [0.3, 0.4) is 0 Å². The molecule has 2 aromatic rings. The summed E-state index contributed by atoms with van der Waals surface area (Å²) in [5, 5.41) is 10.0. The van der Waals surface area contributed by atoms with Gasteiger partial charge in [-0.3, -0.25) is 30.1 Å². The van der Waals surface area contributed by atoms with Gasteiger partial charge in [-0.2, -0.15) is 0 Å². The van der Waals surface area contributed by atoms with Crippen LogP contribution in [-0.4, -0.2) is 36.0 Å². The smallest absolute Gasteiger partial charge is 0.273 e. The second-order valence-corrected chi connectivity index (χ2v) is 5.84. The average molecular weight is 376 g/mol. The topological polar surface area (TPSA) is 108 Å². The number of hydrogen-bond acceptors (Lipinski definition) is 5.